The third-order valence-electron chi connectivity index (χ3n) is 10.7. The van der Waals surface area contributed by atoms with E-state index in [2.05, 4.69) is 20.5 Å². The van der Waals surface area contributed by atoms with Crippen molar-refractivity contribution >= 4 is 29.0 Å². The lowest BCUT2D eigenvalue weighted by molar-refractivity contribution is -0.134. The molecule has 0 aliphatic carbocycles. The van der Waals surface area contributed by atoms with Gasteiger partial charge < -0.3 is 40.2 Å². The van der Waals surface area contributed by atoms with Gasteiger partial charge in [-0.25, -0.2) is 4.79 Å². The Bertz CT molecular complexity index is 1970. The molecule has 2 amide bonds. The van der Waals surface area contributed by atoms with Crippen LogP contribution in [-0.2, 0) is 15.1 Å². The number of nitrogens with one attached hydrogen (secondary N) is 3. The first kappa shape index (κ1) is 36.2. The van der Waals surface area contributed by atoms with Crippen molar-refractivity contribution < 1.29 is 29.3 Å². The smallest absolute Gasteiger partial charge is 0.408 e. The monoisotopic (exact) mass is 721 g/mol. The van der Waals surface area contributed by atoms with E-state index in [0.29, 0.717) is 55.2 Å². The summed E-state index contributed by atoms with van der Waals surface area (Å²) in [5.41, 5.74) is 1.75. The van der Waals surface area contributed by atoms with Gasteiger partial charge in [0.1, 0.15) is 23.1 Å². The Morgan fingerprint density at radius 2 is 1.75 bits per heavy atom. The fourth-order valence-corrected chi connectivity index (χ4v) is 7.65. The minimum absolute atomic E-state index is 0.0368. The van der Waals surface area contributed by atoms with Crippen molar-refractivity contribution in [1.29, 1.82) is 0 Å². The Morgan fingerprint density at radius 1 is 0.981 bits per heavy atom. The van der Waals surface area contributed by atoms with Crippen LogP contribution in [0.15, 0.2) is 89.7 Å². The van der Waals surface area contributed by atoms with Gasteiger partial charge in [0.05, 0.1) is 31.3 Å². The molecular weight excluding hydrogens is 674 g/mol. The van der Waals surface area contributed by atoms with Crippen LogP contribution in [-0.4, -0.2) is 95.5 Å². The number of phenols is 1. The summed E-state index contributed by atoms with van der Waals surface area (Å²) in [7, 11) is 0. The number of amides is 2. The maximum absolute atomic E-state index is 13.1. The van der Waals surface area contributed by atoms with Crippen LogP contribution < -0.4 is 20.9 Å². The first-order valence-electron chi connectivity index (χ1n) is 18.5. The third-order valence-corrected chi connectivity index (χ3v) is 10.7. The number of nitrogens with zero attached hydrogens (tertiary/aromatic N) is 2. The first-order chi connectivity index (χ1) is 25.8. The van der Waals surface area contributed by atoms with E-state index < -0.39 is 17.7 Å². The van der Waals surface area contributed by atoms with E-state index in [1.165, 1.54) is 12.1 Å². The second-order valence-electron chi connectivity index (χ2n) is 14.3. The number of rotatable bonds is 14. The lowest BCUT2D eigenvalue weighted by Crippen LogP contribution is -2.69. The fourth-order valence-electron chi connectivity index (χ4n) is 7.65. The maximum Gasteiger partial charge on any atom is 0.408 e. The SMILES string of the molecule is O=C(NC1(c2ccccc2)CN(C(=O)/C=C/c2ccc(OCCCCNC[C@H](O)c3ccc(O)c4[nH]c(=O)ccc34)cc2)C1)O[C@H]1CN2CCC1CC2. The number of alkyl carbamates (subject to hydrolysis) is 1. The zero-order valence-corrected chi connectivity index (χ0v) is 29.7. The Hall–Kier alpha value is -5.17. The van der Waals surface area contributed by atoms with Crippen LogP contribution in [0.5, 0.6) is 11.5 Å². The number of ether oxygens (including phenoxy) is 2. The van der Waals surface area contributed by atoms with Crippen molar-refractivity contribution in [1.82, 2.24) is 25.4 Å². The average molecular weight is 722 g/mol. The predicted octanol–water partition coefficient (Wildman–Crippen LogP) is 4.29. The molecule has 53 heavy (non-hydrogen) atoms. The van der Waals surface area contributed by atoms with E-state index >= 15 is 0 Å². The molecule has 2 bridgehead atoms. The largest absolute Gasteiger partial charge is 0.506 e. The van der Waals surface area contributed by atoms with E-state index in [-0.39, 0.29) is 23.3 Å². The first-order valence-corrected chi connectivity index (χ1v) is 18.5. The highest BCUT2D eigenvalue weighted by molar-refractivity contribution is 5.93. The molecule has 3 aromatic carbocycles. The van der Waals surface area contributed by atoms with Gasteiger partial charge in [-0.1, -0.05) is 48.5 Å². The number of aliphatic hydroxyl groups excluding tert-OH is 1. The zero-order chi connectivity index (χ0) is 36.8. The number of likely N-dealkylation sites (tertiary alicyclic amines) is 1. The molecule has 5 heterocycles. The normalized spacial score (nSPS) is 20.9. The summed E-state index contributed by atoms with van der Waals surface area (Å²) < 4.78 is 11.8. The van der Waals surface area contributed by atoms with Crippen molar-refractivity contribution in [2.24, 2.45) is 5.92 Å². The molecule has 4 aliphatic rings. The van der Waals surface area contributed by atoms with Gasteiger partial charge in [-0.15, -0.1) is 0 Å². The lowest BCUT2D eigenvalue weighted by Gasteiger charge is -2.50. The third kappa shape index (κ3) is 8.56. The van der Waals surface area contributed by atoms with Gasteiger partial charge in [-0.05, 0) is 98.3 Å². The molecule has 12 heteroatoms. The molecule has 4 fully saturated rings. The molecule has 0 radical (unpaired) electrons. The number of benzene rings is 3. The molecule has 4 aromatic rings. The van der Waals surface area contributed by atoms with Crippen LogP contribution in [0, 0.1) is 5.92 Å². The number of piperidine rings is 3. The van der Waals surface area contributed by atoms with Crippen LogP contribution in [0.25, 0.3) is 17.0 Å². The zero-order valence-electron chi connectivity index (χ0n) is 29.7. The quantitative estimate of drug-likeness (QED) is 0.0948. The van der Waals surface area contributed by atoms with E-state index in [1.54, 1.807) is 29.2 Å². The molecule has 2 atom stereocenters. The number of carbonyl (C=O) groups is 2. The second kappa shape index (κ2) is 16.2. The molecule has 4 aliphatic heterocycles. The van der Waals surface area contributed by atoms with Gasteiger partial charge in [0.2, 0.25) is 11.5 Å². The number of hydrogen-bond acceptors (Lipinski definition) is 9. The number of hydrogen-bond donors (Lipinski definition) is 5. The highest BCUT2D eigenvalue weighted by atomic mass is 16.6. The summed E-state index contributed by atoms with van der Waals surface area (Å²) >= 11 is 0. The molecule has 8 rings (SSSR count). The Kier molecular flexibility index (Phi) is 11.1. The number of aromatic nitrogens is 1. The summed E-state index contributed by atoms with van der Waals surface area (Å²) in [5.74, 6) is 0.992. The van der Waals surface area contributed by atoms with Gasteiger partial charge >= 0.3 is 6.09 Å². The summed E-state index contributed by atoms with van der Waals surface area (Å²) in [6.07, 6.45) is 5.81. The summed E-state index contributed by atoms with van der Waals surface area (Å²) in [6, 6.07) is 23.5. The van der Waals surface area contributed by atoms with Gasteiger partial charge in [0, 0.05) is 30.6 Å². The topological polar surface area (TPSA) is 156 Å². The molecule has 0 saturated carbocycles. The summed E-state index contributed by atoms with van der Waals surface area (Å²) in [4.78, 5) is 44.6. The molecule has 4 saturated heterocycles. The highest BCUT2D eigenvalue weighted by Gasteiger charge is 2.48. The molecule has 0 unspecified atom stereocenters. The van der Waals surface area contributed by atoms with Crippen molar-refractivity contribution in [2.45, 2.75) is 43.4 Å². The molecule has 1 aromatic heterocycles. The van der Waals surface area contributed by atoms with Crippen LogP contribution in [0.4, 0.5) is 4.79 Å². The van der Waals surface area contributed by atoms with Crippen molar-refractivity contribution in [3.63, 3.8) is 0 Å². The highest BCUT2D eigenvalue weighted by Crippen LogP contribution is 2.34. The van der Waals surface area contributed by atoms with E-state index in [9.17, 15) is 24.6 Å². The number of carbonyl (C=O) groups excluding carboxylic acids is 2. The van der Waals surface area contributed by atoms with Gasteiger partial charge in [-0.3, -0.25) is 14.5 Å². The fraction of sp³-hybridized carbons (Fsp3) is 0.390. The number of phenolic OH excluding ortho intramolecular Hbond substituents is 1. The molecule has 5 N–H and O–H groups in total. The number of aromatic amines is 1. The summed E-state index contributed by atoms with van der Waals surface area (Å²) in [6.45, 7) is 5.21. The average Bonchev–Trinajstić information content (AvgIpc) is 3.16. The number of pyridine rings is 1. The van der Waals surface area contributed by atoms with Crippen molar-refractivity contribution in [3.05, 3.63) is 112 Å². The van der Waals surface area contributed by atoms with E-state index in [4.69, 9.17) is 9.47 Å². The standard InChI is InChI=1S/C41H47N5O7/c47-34-15-13-32(33-14-16-37(49)43-39(33)34)35(48)24-42-20-4-5-23-52-31-11-8-28(9-12-31)10-17-38(50)46-26-41(27-46,30-6-2-1-3-7-30)44-40(51)53-36-25-45-21-18-29(36)19-22-45/h1-3,6-17,29,35-36,42,47-48H,4-5,18-27H2,(H,43,49)(H,44,51)/b17-10+/t35-,36-/m0/s1. The van der Waals surface area contributed by atoms with Crippen LogP contribution in [0.1, 0.15) is 48.5 Å². The number of unbranched alkanes of at least 4 members (excludes halogenated alkanes) is 1. The molecule has 278 valence electrons. The Balaban J connectivity index is 0.823. The second-order valence-corrected chi connectivity index (χ2v) is 14.3. The molecule has 12 nitrogen and oxygen atoms in total. The maximum atomic E-state index is 13.1. The molecule has 0 spiro atoms. The minimum atomic E-state index is -0.802. The van der Waals surface area contributed by atoms with Gasteiger partial charge in [-0.2, -0.15) is 0 Å². The minimum Gasteiger partial charge on any atom is -0.506 e. The van der Waals surface area contributed by atoms with Crippen LogP contribution in [0.3, 0.4) is 0 Å². The van der Waals surface area contributed by atoms with Crippen molar-refractivity contribution in [2.75, 3.05) is 52.4 Å². The summed E-state index contributed by atoms with van der Waals surface area (Å²) in [5, 5.41) is 27.8. The van der Waals surface area contributed by atoms with Gasteiger partial charge in [0.25, 0.3) is 0 Å². The number of fused-ring (bicyclic) bond motifs is 4. The lowest BCUT2D eigenvalue weighted by atomic mass is 9.82. The number of aliphatic hydroxyl groups is 1. The number of aromatic hydroxyl groups is 1. The van der Waals surface area contributed by atoms with E-state index in [1.807, 2.05) is 54.6 Å². The number of H-pyrrole nitrogens is 1. The Morgan fingerprint density at radius 3 is 2.49 bits per heavy atom. The van der Waals surface area contributed by atoms with Crippen LogP contribution in [0.2, 0.25) is 0 Å². The van der Waals surface area contributed by atoms with Gasteiger partial charge in [0.15, 0.2) is 0 Å². The van der Waals surface area contributed by atoms with E-state index in [0.717, 1.165) is 62.2 Å². The van der Waals surface area contributed by atoms with Crippen LogP contribution >= 0.6 is 0 Å². The van der Waals surface area contributed by atoms with Crippen molar-refractivity contribution in [3.8, 4) is 11.5 Å². The Labute approximate surface area is 308 Å². The predicted molar refractivity (Wildman–Crippen MR) is 202 cm³/mol. The molecular formula is C41H47N5O7.